The highest BCUT2D eigenvalue weighted by atomic mass is 35.5. The van der Waals surface area contributed by atoms with E-state index in [0.29, 0.717) is 22.0 Å². The maximum atomic E-state index is 10.7. The van der Waals surface area contributed by atoms with Crippen molar-refractivity contribution in [2.75, 3.05) is 0 Å². The van der Waals surface area contributed by atoms with Gasteiger partial charge in [0, 0.05) is 17.0 Å². The maximum Gasteiger partial charge on any atom is 0.358 e. The van der Waals surface area contributed by atoms with Crippen molar-refractivity contribution in [3.8, 4) is 11.3 Å². The molecule has 0 radical (unpaired) electrons. The number of nitrogens with zero attached hydrogens (tertiary/aromatic N) is 2. The molecule has 90 valence electrons. The molecule has 0 aliphatic carbocycles. The lowest BCUT2D eigenvalue weighted by molar-refractivity contribution is 0.0686. The number of aromatic carboxylic acids is 1. The van der Waals surface area contributed by atoms with Crippen molar-refractivity contribution in [3.63, 3.8) is 0 Å². The first-order valence-electron chi connectivity index (χ1n) is 4.99. The highest BCUT2D eigenvalue weighted by molar-refractivity contribution is 6.34. The molecule has 1 aromatic carbocycles. The Morgan fingerprint density at radius 1 is 1.39 bits per heavy atom. The number of nitrogens with one attached hydrogen (secondary N) is 1. The van der Waals surface area contributed by atoms with Crippen LogP contribution < -0.4 is 0 Å². The average Bonchev–Trinajstić information content (AvgIpc) is 2.96. The lowest BCUT2D eigenvalue weighted by Gasteiger charge is -1.94. The Hall–Kier alpha value is -2.34. The van der Waals surface area contributed by atoms with Crippen molar-refractivity contribution in [1.82, 2.24) is 15.4 Å². The molecule has 3 rings (SSSR count). The van der Waals surface area contributed by atoms with Crippen LogP contribution in [0.1, 0.15) is 10.5 Å². The lowest BCUT2D eigenvalue weighted by Crippen LogP contribution is -1.94. The SMILES string of the molecule is O=C(O)c1cc(-c2ccc3c(Cl)[nH]nc3c2)on1. The normalized spacial score (nSPS) is 10.9. The van der Waals surface area contributed by atoms with E-state index in [0.717, 1.165) is 5.39 Å². The van der Waals surface area contributed by atoms with Gasteiger partial charge in [-0.2, -0.15) is 5.10 Å². The molecule has 2 heterocycles. The second-order valence-electron chi connectivity index (χ2n) is 3.65. The fraction of sp³-hybridized carbons (Fsp3) is 0. The first-order valence-corrected chi connectivity index (χ1v) is 5.37. The molecule has 0 amide bonds. The Labute approximate surface area is 105 Å². The Morgan fingerprint density at radius 3 is 2.94 bits per heavy atom. The minimum absolute atomic E-state index is 0.134. The van der Waals surface area contributed by atoms with Crippen LogP contribution in [0.3, 0.4) is 0 Å². The smallest absolute Gasteiger partial charge is 0.358 e. The quantitative estimate of drug-likeness (QED) is 0.741. The molecule has 0 unspecified atom stereocenters. The summed E-state index contributed by atoms with van der Waals surface area (Å²) in [5, 5.41) is 20.1. The summed E-state index contributed by atoms with van der Waals surface area (Å²) in [4.78, 5) is 10.7. The number of aromatic nitrogens is 3. The lowest BCUT2D eigenvalue weighted by atomic mass is 10.1. The van der Waals surface area contributed by atoms with Crippen LogP contribution in [0.15, 0.2) is 28.8 Å². The number of H-pyrrole nitrogens is 1. The Morgan fingerprint density at radius 2 is 2.22 bits per heavy atom. The molecule has 0 saturated heterocycles. The second kappa shape index (κ2) is 3.85. The molecular formula is C11H6ClN3O3. The third-order valence-corrected chi connectivity index (χ3v) is 2.81. The second-order valence-corrected chi connectivity index (χ2v) is 4.03. The van der Waals surface area contributed by atoms with Gasteiger partial charge in [-0.25, -0.2) is 4.79 Å². The molecule has 18 heavy (non-hydrogen) atoms. The van der Waals surface area contributed by atoms with Gasteiger partial charge in [0.25, 0.3) is 0 Å². The van der Waals surface area contributed by atoms with Crippen LogP contribution in [0, 0.1) is 0 Å². The first-order chi connectivity index (χ1) is 8.65. The van der Waals surface area contributed by atoms with Crippen molar-refractivity contribution in [1.29, 1.82) is 0 Å². The molecule has 3 aromatic rings. The van der Waals surface area contributed by atoms with E-state index in [4.69, 9.17) is 21.2 Å². The van der Waals surface area contributed by atoms with Crippen molar-refractivity contribution in [3.05, 3.63) is 35.1 Å². The molecule has 0 fully saturated rings. The van der Waals surface area contributed by atoms with E-state index in [-0.39, 0.29) is 5.69 Å². The largest absolute Gasteiger partial charge is 0.476 e. The van der Waals surface area contributed by atoms with Gasteiger partial charge in [0.15, 0.2) is 11.5 Å². The number of carbonyl (C=O) groups is 1. The summed E-state index contributed by atoms with van der Waals surface area (Å²) >= 11 is 5.89. The number of rotatable bonds is 2. The number of hydrogen-bond acceptors (Lipinski definition) is 4. The monoisotopic (exact) mass is 263 g/mol. The van der Waals surface area contributed by atoms with Gasteiger partial charge in [0.05, 0.1) is 5.52 Å². The van der Waals surface area contributed by atoms with Crippen LogP contribution in [0.5, 0.6) is 0 Å². The number of halogens is 1. The summed E-state index contributed by atoms with van der Waals surface area (Å²) in [7, 11) is 0. The van der Waals surface area contributed by atoms with E-state index in [9.17, 15) is 4.79 Å². The van der Waals surface area contributed by atoms with Gasteiger partial charge in [-0.15, -0.1) is 0 Å². The van der Waals surface area contributed by atoms with Crippen LogP contribution >= 0.6 is 11.6 Å². The molecule has 0 spiro atoms. The highest BCUT2D eigenvalue weighted by Crippen LogP contribution is 2.27. The van der Waals surface area contributed by atoms with Gasteiger partial charge >= 0.3 is 5.97 Å². The molecule has 7 heteroatoms. The van der Waals surface area contributed by atoms with Crippen LogP contribution in [0.2, 0.25) is 5.15 Å². The molecule has 0 aliphatic heterocycles. The van der Waals surface area contributed by atoms with E-state index in [2.05, 4.69) is 15.4 Å². The summed E-state index contributed by atoms with van der Waals surface area (Å²) in [5.74, 6) is -0.762. The molecule has 0 atom stereocenters. The highest BCUT2D eigenvalue weighted by Gasteiger charge is 2.13. The van der Waals surface area contributed by atoms with Crippen LogP contribution in [0.4, 0.5) is 0 Å². The molecule has 0 aliphatic rings. The van der Waals surface area contributed by atoms with Crippen LogP contribution in [0.25, 0.3) is 22.2 Å². The van der Waals surface area contributed by atoms with Crippen molar-refractivity contribution < 1.29 is 14.4 Å². The summed E-state index contributed by atoms with van der Waals surface area (Å²) in [5.41, 5.74) is 1.22. The standard InChI is InChI=1S/C11H6ClN3O3/c12-10-6-2-1-5(3-7(6)13-14-10)9-4-8(11(16)17)15-18-9/h1-4H,(H,13,14)(H,16,17). The summed E-state index contributed by atoms with van der Waals surface area (Å²) < 4.78 is 4.97. The Kier molecular flexibility index (Phi) is 2.31. The first kappa shape index (κ1) is 10.8. The minimum Gasteiger partial charge on any atom is -0.476 e. The fourth-order valence-electron chi connectivity index (χ4n) is 1.64. The molecule has 0 bridgehead atoms. The molecule has 2 aromatic heterocycles. The van der Waals surface area contributed by atoms with E-state index >= 15 is 0 Å². The zero-order valence-electron chi connectivity index (χ0n) is 8.85. The van der Waals surface area contributed by atoms with Crippen molar-refractivity contribution in [2.24, 2.45) is 0 Å². The van der Waals surface area contributed by atoms with Crippen molar-refractivity contribution in [2.45, 2.75) is 0 Å². The third-order valence-electron chi connectivity index (χ3n) is 2.52. The number of carboxylic acid groups (broad SMARTS) is 1. The van der Waals surface area contributed by atoms with E-state index in [1.165, 1.54) is 6.07 Å². The van der Waals surface area contributed by atoms with Gasteiger partial charge in [-0.1, -0.05) is 22.8 Å². The summed E-state index contributed by atoms with van der Waals surface area (Å²) in [6.45, 7) is 0. The molecule has 6 nitrogen and oxygen atoms in total. The number of hydrogen-bond donors (Lipinski definition) is 2. The van der Waals surface area contributed by atoms with Gasteiger partial charge in [-0.05, 0) is 12.1 Å². The van der Waals surface area contributed by atoms with Gasteiger partial charge in [0.2, 0.25) is 0 Å². The molecular weight excluding hydrogens is 258 g/mol. The Bertz CT molecular complexity index is 747. The third kappa shape index (κ3) is 1.63. The van der Waals surface area contributed by atoms with E-state index in [1.54, 1.807) is 18.2 Å². The zero-order valence-corrected chi connectivity index (χ0v) is 9.60. The predicted octanol–water partition coefficient (Wildman–Crippen LogP) is 2.57. The van der Waals surface area contributed by atoms with Gasteiger partial charge in [0.1, 0.15) is 5.15 Å². The number of fused-ring (bicyclic) bond motifs is 1. The number of carboxylic acids is 1. The predicted molar refractivity (Wildman–Crippen MR) is 63.6 cm³/mol. The fourth-order valence-corrected chi connectivity index (χ4v) is 1.85. The maximum absolute atomic E-state index is 10.7. The number of aromatic amines is 1. The average molecular weight is 264 g/mol. The minimum atomic E-state index is -1.13. The van der Waals surface area contributed by atoms with E-state index in [1.807, 2.05) is 0 Å². The number of benzene rings is 1. The van der Waals surface area contributed by atoms with Gasteiger partial charge < -0.3 is 9.63 Å². The topological polar surface area (TPSA) is 92.0 Å². The van der Waals surface area contributed by atoms with Crippen LogP contribution in [-0.2, 0) is 0 Å². The summed E-state index contributed by atoms with van der Waals surface area (Å²) in [6.07, 6.45) is 0. The Balaban J connectivity index is 2.10. The van der Waals surface area contributed by atoms with E-state index < -0.39 is 5.97 Å². The molecule has 0 saturated carbocycles. The molecule has 2 N–H and O–H groups in total. The zero-order chi connectivity index (χ0) is 12.7. The van der Waals surface area contributed by atoms with Gasteiger partial charge in [-0.3, -0.25) is 5.10 Å². The van der Waals surface area contributed by atoms with Crippen molar-refractivity contribution >= 4 is 28.5 Å². The van der Waals surface area contributed by atoms with Crippen LogP contribution in [-0.4, -0.2) is 26.4 Å². The summed E-state index contributed by atoms with van der Waals surface area (Å²) in [6, 6.07) is 6.64.